The zero-order chi connectivity index (χ0) is 25.8. The van der Waals surface area contributed by atoms with Crippen LogP contribution in [0.2, 0.25) is 0 Å². The molecule has 0 spiro atoms. The minimum atomic E-state index is -1.11. The third kappa shape index (κ3) is 5.13. The Labute approximate surface area is 212 Å². The van der Waals surface area contributed by atoms with Crippen LogP contribution in [-0.2, 0) is 4.79 Å². The van der Waals surface area contributed by atoms with E-state index in [9.17, 15) is 9.59 Å². The molecule has 5 aromatic rings. The number of hydrogen-bond donors (Lipinski definition) is 1. The average Bonchev–Trinajstić information content (AvgIpc) is 3.55. The number of benzene rings is 3. The molecule has 0 unspecified atom stereocenters. The van der Waals surface area contributed by atoms with Gasteiger partial charge in [0.25, 0.3) is 0 Å². The highest BCUT2D eigenvalue weighted by atomic mass is 16.5. The number of para-hydroxylation sites is 2. The summed E-state index contributed by atoms with van der Waals surface area (Å²) < 4.78 is 18.3. The molecule has 0 saturated carbocycles. The van der Waals surface area contributed by atoms with E-state index >= 15 is 0 Å². The number of carbonyl (C=O) groups excluding carboxylic acids is 1. The molecule has 0 aliphatic heterocycles. The summed E-state index contributed by atoms with van der Waals surface area (Å²) in [6, 6.07) is 23.9. The first-order chi connectivity index (χ1) is 18.0. The van der Waals surface area contributed by atoms with Crippen LogP contribution in [0.1, 0.15) is 15.9 Å². The second-order valence-electron chi connectivity index (χ2n) is 8.11. The SMILES string of the molecule is COc1cc(C(=O)/C=C/c2cn(-c3ccccc3)nc2-c2cc3ccccc3o2)ccc1OCC(=O)O. The van der Waals surface area contributed by atoms with E-state index in [-0.39, 0.29) is 17.3 Å². The number of furan rings is 1. The van der Waals surface area contributed by atoms with Crippen LogP contribution in [-0.4, -0.2) is 40.4 Å². The molecule has 0 atom stereocenters. The summed E-state index contributed by atoms with van der Waals surface area (Å²) in [5.74, 6) is -0.292. The molecule has 0 radical (unpaired) electrons. The summed E-state index contributed by atoms with van der Waals surface area (Å²) in [5.41, 5.74) is 3.27. The summed E-state index contributed by atoms with van der Waals surface area (Å²) >= 11 is 0. The number of hydrogen-bond acceptors (Lipinski definition) is 6. The Kier molecular flexibility index (Phi) is 6.54. The van der Waals surface area contributed by atoms with Crippen molar-refractivity contribution in [3.8, 4) is 28.6 Å². The Bertz CT molecular complexity index is 1580. The molecule has 8 heteroatoms. The van der Waals surface area contributed by atoms with Gasteiger partial charge in [-0.25, -0.2) is 9.48 Å². The standard InChI is InChI=1S/C29H22N2O6/c1-35-26-15-19(12-14-25(26)36-18-28(33)34)23(32)13-11-21-17-31(22-8-3-2-4-9-22)30-29(21)27-16-20-7-5-6-10-24(20)37-27/h2-17H,18H2,1H3,(H,33,34)/b13-11+. The minimum absolute atomic E-state index is 0.238. The zero-order valence-corrected chi connectivity index (χ0v) is 19.8. The van der Waals surface area contributed by atoms with Crippen molar-refractivity contribution in [3.05, 3.63) is 102 Å². The van der Waals surface area contributed by atoms with E-state index in [1.807, 2.05) is 66.9 Å². The summed E-state index contributed by atoms with van der Waals surface area (Å²) in [6.07, 6.45) is 4.98. The highest BCUT2D eigenvalue weighted by Gasteiger charge is 2.16. The molecule has 0 amide bonds. The van der Waals surface area contributed by atoms with Crippen molar-refractivity contribution in [3.63, 3.8) is 0 Å². The number of aliphatic carboxylic acids is 1. The number of carbonyl (C=O) groups is 2. The molecule has 1 N–H and O–H groups in total. The van der Waals surface area contributed by atoms with E-state index in [2.05, 4.69) is 0 Å². The normalized spacial score (nSPS) is 11.2. The Morgan fingerprint density at radius 2 is 1.78 bits per heavy atom. The van der Waals surface area contributed by atoms with Gasteiger partial charge < -0.3 is 19.0 Å². The third-order valence-corrected chi connectivity index (χ3v) is 5.64. The van der Waals surface area contributed by atoms with Gasteiger partial charge in [0.1, 0.15) is 11.3 Å². The highest BCUT2D eigenvalue weighted by molar-refractivity contribution is 6.07. The molecule has 184 valence electrons. The van der Waals surface area contributed by atoms with E-state index in [1.54, 1.807) is 16.8 Å². The number of fused-ring (bicyclic) bond motifs is 1. The van der Waals surface area contributed by atoms with Gasteiger partial charge in [-0.15, -0.1) is 0 Å². The van der Waals surface area contributed by atoms with Crippen molar-refractivity contribution in [1.29, 1.82) is 0 Å². The van der Waals surface area contributed by atoms with Crippen LogP contribution < -0.4 is 9.47 Å². The van der Waals surface area contributed by atoms with Crippen molar-refractivity contribution in [2.45, 2.75) is 0 Å². The first kappa shape index (κ1) is 23.6. The molecule has 0 aliphatic rings. The lowest BCUT2D eigenvalue weighted by Crippen LogP contribution is -2.10. The third-order valence-electron chi connectivity index (χ3n) is 5.64. The second kappa shape index (κ2) is 10.2. The Morgan fingerprint density at radius 1 is 1.00 bits per heavy atom. The second-order valence-corrected chi connectivity index (χ2v) is 8.11. The predicted octanol–water partition coefficient (Wildman–Crippen LogP) is 5.65. The van der Waals surface area contributed by atoms with Crippen LogP contribution in [0.25, 0.3) is 34.2 Å². The molecule has 2 aromatic heterocycles. The van der Waals surface area contributed by atoms with Gasteiger partial charge in [-0.2, -0.15) is 5.10 Å². The van der Waals surface area contributed by atoms with Crippen molar-refractivity contribution >= 4 is 28.8 Å². The Balaban J connectivity index is 1.48. The molecule has 0 aliphatic carbocycles. The molecule has 37 heavy (non-hydrogen) atoms. The number of ether oxygens (including phenoxy) is 2. The number of nitrogens with zero attached hydrogens (tertiary/aromatic N) is 2. The Morgan fingerprint density at radius 3 is 2.54 bits per heavy atom. The number of carboxylic acid groups (broad SMARTS) is 1. The van der Waals surface area contributed by atoms with Crippen LogP contribution in [0.3, 0.4) is 0 Å². The van der Waals surface area contributed by atoms with Crippen LogP contribution in [0.5, 0.6) is 11.5 Å². The van der Waals surface area contributed by atoms with Crippen LogP contribution in [0.4, 0.5) is 0 Å². The van der Waals surface area contributed by atoms with E-state index in [0.717, 1.165) is 16.7 Å². The van der Waals surface area contributed by atoms with Crippen molar-refractivity contribution < 1.29 is 28.6 Å². The fourth-order valence-corrected chi connectivity index (χ4v) is 3.85. The van der Waals surface area contributed by atoms with Gasteiger partial charge in [0.15, 0.2) is 29.6 Å². The van der Waals surface area contributed by atoms with E-state index in [1.165, 1.54) is 25.3 Å². The monoisotopic (exact) mass is 494 g/mol. The molecule has 0 fully saturated rings. The average molecular weight is 495 g/mol. The molecule has 0 bridgehead atoms. The molecule has 5 rings (SSSR count). The zero-order valence-electron chi connectivity index (χ0n) is 19.8. The lowest BCUT2D eigenvalue weighted by Gasteiger charge is -2.09. The molecular weight excluding hydrogens is 472 g/mol. The summed E-state index contributed by atoms with van der Waals surface area (Å²) in [5, 5.41) is 14.5. The first-order valence-electron chi connectivity index (χ1n) is 11.4. The minimum Gasteiger partial charge on any atom is -0.493 e. The van der Waals surface area contributed by atoms with Crippen molar-refractivity contribution in [2.75, 3.05) is 13.7 Å². The Hall–Kier alpha value is -5.11. The number of aromatic nitrogens is 2. The largest absolute Gasteiger partial charge is 0.493 e. The van der Waals surface area contributed by atoms with Gasteiger partial charge in [0, 0.05) is 22.7 Å². The topological polar surface area (TPSA) is 104 Å². The maximum atomic E-state index is 13.0. The first-order valence-corrected chi connectivity index (χ1v) is 11.4. The highest BCUT2D eigenvalue weighted by Crippen LogP contribution is 2.31. The molecule has 8 nitrogen and oxygen atoms in total. The number of ketones is 1. The molecule has 0 saturated heterocycles. The maximum Gasteiger partial charge on any atom is 0.341 e. The van der Waals surface area contributed by atoms with Crippen LogP contribution >= 0.6 is 0 Å². The molecule has 2 heterocycles. The van der Waals surface area contributed by atoms with Gasteiger partial charge in [-0.1, -0.05) is 36.4 Å². The van der Waals surface area contributed by atoms with E-state index in [0.29, 0.717) is 22.6 Å². The number of allylic oxidation sites excluding steroid dienone is 1. The van der Waals surface area contributed by atoms with Gasteiger partial charge in [0.2, 0.25) is 0 Å². The van der Waals surface area contributed by atoms with Crippen LogP contribution in [0, 0.1) is 0 Å². The fourth-order valence-electron chi connectivity index (χ4n) is 3.85. The fraction of sp³-hybridized carbons (Fsp3) is 0.0690. The van der Waals surface area contributed by atoms with Gasteiger partial charge >= 0.3 is 5.97 Å². The smallest absolute Gasteiger partial charge is 0.341 e. The lowest BCUT2D eigenvalue weighted by molar-refractivity contribution is -0.139. The van der Waals surface area contributed by atoms with E-state index < -0.39 is 12.6 Å². The molecule has 3 aromatic carbocycles. The maximum absolute atomic E-state index is 13.0. The molecular formula is C29H22N2O6. The van der Waals surface area contributed by atoms with Gasteiger partial charge in [-0.05, 0) is 54.6 Å². The number of methoxy groups -OCH3 is 1. The predicted molar refractivity (Wildman–Crippen MR) is 138 cm³/mol. The van der Waals surface area contributed by atoms with Crippen LogP contribution in [0.15, 0.2) is 95.6 Å². The lowest BCUT2D eigenvalue weighted by atomic mass is 10.1. The number of rotatable bonds is 9. The van der Waals surface area contributed by atoms with E-state index in [4.69, 9.17) is 24.1 Å². The van der Waals surface area contributed by atoms with Crippen molar-refractivity contribution in [2.24, 2.45) is 0 Å². The summed E-state index contributed by atoms with van der Waals surface area (Å²) in [6.45, 7) is -0.514. The number of carboxylic acids is 1. The summed E-state index contributed by atoms with van der Waals surface area (Å²) in [7, 11) is 1.42. The summed E-state index contributed by atoms with van der Waals surface area (Å²) in [4.78, 5) is 23.8. The van der Waals surface area contributed by atoms with Crippen molar-refractivity contribution in [1.82, 2.24) is 9.78 Å². The quantitative estimate of drug-likeness (QED) is 0.208. The van der Waals surface area contributed by atoms with Gasteiger partial charge in [-0.3, -0.25) is 4.79 Å². The van der Waals surface area contributed by atoms with Gasteiger partial charge in [0.05, 0.1) is 12.8 Å².